The Bertz CT molecular complexity index is 1020. The van der Waals surface area contributed by atoms with Crippen LogP contribution in [0.1, 0.15) is 28.4 Å². The van der Waals surface area contributed by atoms with Crippen molar-refractivity contribution in [3.05, 3.63) is 89.5 Å². The van der Waals surface area contributed by atoms with Gasteiger partial charge in [-0.3, -0.25) is 4.79 Å². The Balaban J connectivity index is 1.61. The van der Waals surface area contributed by atoms with Crippen molar-refractivity contribution in [1.29, 1.82) is 0 Å². The molecule has 1 N–H and O–H groups in total. The van der Waals surface area contributed by atoms with Crippen LogP contribution in [0.5, 0.6) is 17.2 Å². The summed E-state index contributed by atoms with van der Waals surface area (Å²) in [5.41, 5.74) is 5.53. The molecule has 0 saturated carbocycles. The molecule has 0 heterocycles. The summed E-state index contributed by atoms with van der Waals surface area (Å²) < 4.78 is 16.3. The van der Waals surface area contributed by atoms with Crippen molar-refractivity contribution >= 4 is 11.6 Å². The van der Waals surface area contributed by atoms with E-state index in [1.165, 1.54) is 0 Å². The van der Waals surface area contributed by atoms with Gasteiger partial charge in [-0.25, -0.2) is 5.43 Å². The van der Waals surface area contributed by atoms with Gasteiger partial charge in [-0.2, -0.15) is 5.10 Å². The zero-order valence-corrected chi connectivity index (χ0v) is 17.2. The molecule has 0 spiro atoms. The number of hydrazone groups is 1. The van der Waals surface area contributed by atoms with E-state index in [9.17, 15) is 4.79 Å². The number of amides is 1. The number of carbonyl (C=O) groups excluding carboxylic acids is 1. The second kappa shape index (κ2) is 10.1. The van der Waals surface area contributed by atoms with E-state index < -0.39 is 0 Å². The smallest absolute Gasteiger partial charge is 0.271 e. The lowest BCUT2D eigenvalue weighted by Crippen LogP contribution is -2.19. The summed E-state index contributed by atoms with van der Waals surface area (Å²) >= 11 is 0. The molecule has 0 aliphatic carbocycles. The lowest BCUT2D eigenvalue weighted by Gasteiger charge is -2.10. The van der Waals surface area contributed by atoms with Gasteiger partial charge in [-0.1, -0.05) is 30.3 Å². The first-order valence-corrected chi connectivity index (χ1v) is 9.44. The average Bonchev–Trinajstić information content (AvgIpc) is 2.81. The molecule has 3 rings (SSSR count). The second-order valence-corrected chi connectivity index (χ2v) is 6.50. The predicted octanol–water partition coefficient (Wildman–Crippen LogP) is 4.44. The molecule has 3 aromatic rings. The van der Waals surface area contributed by atoms with Gasteiger partial charge in [0.15, 0.2) is 0 Å². The van der Waals surface area contributed by atoms with Gasteiger partial charge in [0.2, 0.25) is 0 Å². The largest absolute Gasteiger partial charge is 0.497 e. The standard InChI is InChI=1S/C24H24N2O4/c1-17(22-14-13-21(28-2)15-23(22)29-3)25-26-24(27)19-9-11-20(12-10-19)30-16-18-7-5-4-6-8-18/h4-15H,16H2,1-3H3,(H,26,27). The van der Waals surface area contributed by atoms with E-state index in [0.29, 0.717) is 35.1 Å². The molecule has 0 aliphatic rings. The highest BCUT2D eigenvalue weighted by Gasteiger charge is 2.10. The molecule has 30 heavy (non-hydrogen) atoms. The van der Waals surface area contributed by atoms with Crippen LogP contribution in [0, 0.1) is 0 Å². The van der Waals surface area contributed by atoms with E-state index in [0.717, 1.165) is 11.1 Å². The molecular weight excluding hydrogens is 380 g/mol. The lowest BCUT2D eigenvalue weighted by molar-refractivity contribution is 0.0954. The topological polar surface area (TPSA) is 69.2 Å². The fourth-order valence-electron chi connectivity index (χ4n) is 2.80. The van der Waals surface area contributed by atoms with Crippen LogP contribution in [0.25, 0.3) is 0 Å². The number of nitrogens with one attached hydrogen (secondary N) is 1. The molecule has 154 valence electrons. The molecule has 0 aliphatic heterocycles. The van der Waals surface area contributed by atoms with E-state index >= 15 is 0 Å². The van der Waals surface area contributed by atoms with Gasteiger partial charge in [-0.05, 0) is 48.9 Å². The Kier molecular flexibility index (Phi) is 7.05. The van der Waals surface area contributed by atoms with E-state index in [-0.39, 0.29) is 5.91 Å². The van der Waals surface area contributed by atoms with Crippen molar-refractivity contribution in [1.82, 2.24) is 5.43 Å². The van der Waals surface area contributed by atoms with Gasteiger partial charge in [0.1, 0.15) is 23.9 Å². The summed E-state index contributed by atoms with van der Waals surface area (Å²) in [6.45, 7) is 2.27. The van der Waals surface area contributed by atoms with Crippen molar-refractivity contribution in [2.45, 2.75) is 13.5 Å². The summed E-state index contributed by atoms with van der Waals surface area (Å²) in [5, 5.41) is 4.20. The molecule has 0 fully saturated rings. The summed E-state index contributed by atoms with van der Waals surface area (Å²) in [5.74, 6) is 1.68. The number of nitrogens with zero attached hydrogens (tertiary/aromatic N) is 1. The van der Waals surface area contributed by atoms with Crippen LogP contribution in [0.3, 0.4) is 0 Å². The minimum absolute atomic E-state index is 0.309. The van der Waals surface area contributed by atoms with Gasteiger partial charge in [-0.15, -0.1) is 0 Å². The molecule has 0 bridgehead atoms. The first kappa shape index (κ1) is 20.9. The van der Waals surface area contributed by atoms with Gasteiger partial charge >= 0.3 is 0 Å². The third-order valence-corrected chi connectivity index (χ3v) is 4.49. The van der Waals surface area contributed by atoms with Crippen molar-refractivity contribution in [2.75, 3.05) is 14.2 Å². The van der Waals surface area contributed by atoms with E-state index in [1.54, 1.807) is 51.5 Å². The van der Waals surface area contributed by atoms with Crippen molar-refractivity contribution in [3.63, 3.8) is 0 Å². The summed E-state index contributed by atoms with van der Waals surface area (Å²) in [6.07, 6.45) is 0. The second-order valence-electron chi connectivity index (χ2n) is 6.50. The number of hydrogen-bond donors (Lipinski definition) is 1. The van der Waals surface area contributed by atoms with E-state index in [1.807, 2.05) is 42.5 Å². The van der Waals surface area contributed by atoms with Crippen LogP contribution in [-0.4, -0.2) is 25.8 Å². The highest BCUT2D eigenvalue weighted by molar-refractivity contribution is 6.02. The molecule has 0 unspecified atom stereocenters. The normalized spacial score (nSPS) is 11.0. The van der Waals surface area contributed by atoms with Crippen LogP contribution in [-0.2, 0) is 6.61 Å². The lowest BCUT2D eigenvalue weighted by atomic mass is 10.1. The van der Waals surface area contributed by atoms with Gasteiger partial charge in [0.05, 0.1) is 19.9 Å². The molecule has 0 aromatic heterocycles. The SMILES string of the molecule is COc1ccc(C(C)=NNC(=O)c2ccc(OCc3ccccc3)cc2)c(OC)c1. The minimum atomic E-state index is -0.309. The van der Waals surface area contributed by atoms with E-state index in [2.05, 4.69) is 10.5 Å². The molecule has 0 atom stereocenters. The third kappa shape index (κ3) is 5.38. The molecular formula is C24H24N2O4. The maximum atomic E-state index is 12.4. The van der Waals surface area contributed by atoms with Crippen molar-refractivity contribution < 1.29 is 19.0 Å². The third-order valence-electron chi connectivity index (χ3n) is 4.49. The monoisotopic (exact) mass is 404 g/mol. The number of benzene rings is 3. The summed E-state index contributed by atoms with van der Waals surface area (Å²) in [7, 11) is 3.17. The number of hydrogen-bond acceptors (Lipinski definition) is 5. The van der Waals surface area contributed by atoms with Crippen LogP contribution in [0.2, 0.25) is 0 Å². The highest BCUT2D eigenvalue weighted by atomic mass is 16.5. The summed E-state index contributed by atoms with van der Waals surface area (Å²) in [6, 6.07) is 22.3. The number of ether oxygens (including phenoxy) is 3. The maximum absolute atomic E-state index is 12.4. The highest BCUT2D eigenvalue weighted by Crippen LogP contribution is 2.25. The molecule has 6 nitrogen and oxygen atoms in total. The number of methoxy groups -OCH3 is 2. The van der Waals surface area contributed by atoms with Crippen LogP contribution >= 0.6 is 0 Å². The molecule has 0 radical (unpaired) electrons. The average molecular weight is 404 g/mol. The van der Waals surface area contributed by atoms with Gasteiger partial charge in [0, 0.05) is 17.2 Å². The van der Waals surface area contributed by atoms with Crippen molar-refractivity contribution in [3.8, 4) is 17.2 Å². The Labute approximate surface area is 176 Å². The molecule has 6 heteroatoms. The first-order valence-electron chi connectivity index (χ1n) is 9.44. The van der Waals surface area contributed by atoms with E-state index in [4.69, 9.17) is 14.2 Å². The number of rotatable bonds is 8. The molecule has 3 aromatic carbocycles. The predicted molar refractivity (Wildman–Crippen MR) is 116 cm³/mol. The van der Waals surface area contributed by atoms with Gasteiger partial charge in [0.25, 0.3) is 5.91 Å². The maximum Gasteiger partial charge on any atom is 0.271 e. The van der Waals surface area contributed by atoms with Crippen LogP contribution in [0.15, 0.2) is 77.9 Å². The minimum Gasteiger partial charge on any atom is -0.497 e. The fourth-order valence-corrected chi connectivity index (χ4v) is 2.80. The molecule has 0 saturated heterocycles. The summed E-state index contributed by atoms with van der Waals surface area (Å²) in [4.78, 5) is 12.4. The Morgan fingerprint density at radius 1 is 0.900 bits per heavy atom. The zero-order chi connectivity index (χ0) is 21.3. The number of carbonyl (C=O) groups is 1. The molecule has 1 amide bonds. The first-order chi connectivity index (χ1) is 14.6. The van der Waals surface area contributed by atoms with Crippen LogP contribution < -0.4 is 19.6 Å². The Morgan fingerprint density at radius 3 is 2.27 bits per heavy atom. The quantitative estimate of drug-likeness (QED) is 0.445. The Hall–Kier alpha value is -3.80. The van der Waals surface area contributed by atoms with Crippen molar-refractivity contribution in [2.24, 2.45) is 5.10 Å². The zero-order valence-electron chi connectivity index (χ0n) is 17.2. The van der Waals surface area contributed by atoms with Crippen LogP contribution in [0.4, 0.5) is 0 Å². The fraction of sp³-hybridized carbons (Fsp3) is 0.167. The van der Waals surface area contributed by atoms with Gasteiger partial charge < -0.3 is 14.2 Å². The Morgan fingerprint density at radius 2 is 1.60 bits per heavy atom.